The minimum absolute atomic E-state index is 0.0200. The van der Waals surface area contributed by atoms with Crippen molar-refractivity contribution in [1.29, 1.82) is 0 Å². The fraction of sp³-hybridized carbons (Fsp3) is 0.222. The van der Waals surface area contributed by atoms with Gasteiger partial charge in [-0.2, -0.15) is 0 Å². The van der Waals surface area contributed by atoms with Gasteiger partial charge in [-0.15, -0.1) is 0 Å². The largest absolute Gasteiger partial charge is 0.392 e. The van der Waals surface area contributed by atoms with Crippen LogP contribution in [0.5, 0.6) is 0 Å². The summed E-state index contributed by atoms with van der Waals surface area (Å²) < 4.78 is 0. The van der Waals surface area contributed by atoms with Crippen LogP contribution in [-0.2, 0) is 13.2 Å². The summed E-state index contributed by atoms with van der Waals surface area (Å²) in [6, 6.07) is 12.0. The zero-order chi connectivity index (χ0) is 17.9. The molecule has 0 aromatic heterocycles. The fourth-order valence-electron chi connectivity index (χ4n) is 2.00. The van der Waals surface area contributed by atoms with Gasteiger partial charge >= 0.3 is 0 Å². The van der Waals surface area contributed by atoms with E-state index in [0.29, 0.717) is 0 Å². The summed E-state index contributed by atoms with van der Waals surface area (Å²) in [5.74, 6) is 0. The molecule has 128 valence electrons. The van der Waals surface area contributed by atoms with Crippen molar-refractivity contribution in [2.24, 2.45) is 0 Å². The molecular formula is C18H22N2O4. The lowest BCUT2D eigenvalue weighted by atomic mass is 10.1. The molecule has 2 rings (SSSR count). The lowest BCUT2D eigenvalue weighted by Crippen LogP contribution is -1.95. The molecule has 0 saturated carbocycles. The van der Waals surface area contributed by atoms with Gasteiger partial charge in [0, 0.05) is 6.07 Å². The molecule has 2 aromatic rings. The van der Waals surface area contributed by atoms with Gasteiger partial charge in [-0.3, -0.25) is 10.1 Å². The van der Waals surface area contributed by atoms with E-state index in [9.17, 15) is 15.2 Å². The maximum absolute atomic E-state index is 10.8. The molecule has 0 bridgehead atoms. The third kappa shape index (κ3) is 5.92. The van der Waals surface area contributed by atoms with E-state index < -0.39 is 4.92 Å². The van der Waals surface area contributed by atoms with E-state index in [1.54, 1.807) is 18.2 Å². The van der Waals surface area contributed by atoms with Gasteiger partial charge < -0.3 is 15.5 Å². The van der Waals surface area contributed by atoms with E-state index >= 15 is 0 Å². The highest BCUT2D eigenvalue weighted by atomic mass is 16.6. The van der Waals surface area contributed by atoms with E-state index in [-0.39, 0.29) is 24.5 Å². The van der Waals surface area contributed by atoms with Gasteiger partial charge in [0.25, 0.3) is 5.69 Å². The van der Waals surface area contributed by atoms with Crippen LogP contribution in [0.1, 0.15) is 22.3 Å². The summed E-state index contributed by atoms with van der Waals surface area (Å²) in [4.78, 5) is 10.3. The van der Waals surface area contributed by atoms with Crippen LogP contribution < -0.4 is 5.32 Å². The zero-order valence-electron chi connectivity index (χ0n) is 13.8. The van der Waals surface area contributed by atoms with Crippen LogP contribution in [-0.4, -0.2) is 29.2 Å². The lowest BCUT2D eigenvalue weighted by molar-refractivity contribution is -0.385. The lowest BCUT2D eigenvalue weighted by Gasteiger charge is -2.01. The molecule has 0 fully saturated rings. The molecule has 24 heavy (non-hydrogen) atoms. The number of nitro benzene ring substituents is 1. The highest BCUT2D eigenvalue weighted by Gasteiger charge is 2.12. The molecule has 0 radical (unpaired) electrons. The highest BCUT2D eigenvalue weighted by Crippen LogP contribution is 2.21. The van der Waals surface area contributed by atoms with E-state index in [2.05, 4.69) is 5.32 Å². The Morgan fingerprint density at radius 3 is 2.21 bits per heavy atom. The van der Waals surface area contributed by atoms with Crippen molar-refractivity contribution in [3.05, 3.63) is 74.8 Å². The minimum Gasteiger partial charge on any atom is -0.392 e. The Balaban J connectivity index is 0.000000891. The number of hydrogen-bond donors (Lipinski definition) is 3. The zero-order valence-corrected chi connectivity index (χ0v) is 13.8. The first-order valence-corrected chi connectivity index (χ1v) is 7.40. The van der Waals surface area contributed by atoms with Crippen molar-refractivity contribution in [3.63, 3.8) is 0 Å². The standard InChI is InChI=1S/C16H15NO4.C2H7N/c18-10-14-3-1-2-12(8-14)4-5-13-6-7-16(17(20)21)15(9-13)11-19;1-3-2/h1-9,18-19H,10-11H2;3H,1-2H3. The maximum Gasteiger partial charge on any atom is 0.274 e. The summed E-state index contributed by atoms with van der Waals surface area (Å²) in [7, 11) is 3.75. The number of hydrogen-bond acceptors (Lipinski definition) is 5. The predicted molar refractivity (Wildman–Crippen MR) is 95.3 cm³/mol. The van der Waals surface area contributed by atoms with Crippen molar-refractivity contribution in [2.45, 2.75) is 13.2 Å². The first kappa shape index (κ1) is 19.5. The van der Waals surface area contributed by atoms with Crippen LogP contribution in [0.15, 0.2) is 42.5 Å². The Morgan fingerprint density at radius 2 is 1.67 bits per heavy atom. The molecule has 0 heterocycles. The molecule has 2 aromatic carbocycles. The highest BCUT2D eigenvalue weighted by molar-refractivity contribution is 5.71. The molecular weight excluding hydrogens is 308 g/mol. The monoisotopic (exact) mass is 330 g/mol. The molecule has 6 nitrogen and oxygen atoms in total. The number of nitrogens with one attached hydrogen (secondary N) is 1. The van der Waals surface area contributed by atoms with Crippen molar-refractivity contribution in [2.75, 3.05) is 14.1 Å². The summed E-state index contributed by atoms with van der Waals surface area (Å²) >= 11 is 0. The summed E-state index contributed by atoms with van der Waals surface area (Å²) in [6.45, 7) is -0.397. The molecule has 0 aliphatic heterocycles. The Bertz CT molecular complexity index is 699. The molecule has 0 aliphatic carbocycles. The number of nitrogens with zero attached hydrogens (tertiary/aromatic N) is 1. The van der Waals surface area contributed by atoms with Gasteiger partial charge in [0.15, 0.2) is 0 Å². The number of aliphatic hydroxyl groups excluding tert-OH is 2. The molecule has 0 spiro atoms. The second kappa shape index (κ2) is 10.3. The van der Waals surface area contributed by atoms with Gasteiger partial charge in [-0.05, 0) is 49.0 Å². The van der Waals surface area contributed by atoms with Crippen LogP contribution in [0.2, 0.25) is 0 Å². The number of rotatable bonds is 5. The van der Waals surface area contributed by atoms with E-state index in [1.807, 2.05) is 44.4 Å². The Morgan fingerprint density at radius 1 is 1.04 bits per heavy atom. The van der Waals surface area contributed by atoms with E-state index in [0.717, 1.165) is 16.7 Å². The van der Waals surface area contributed by atoms with Crippen molar-refractivity contribution < 1.29 is 15.1 Å². The Kier molecular flexibility index (Phi) is 8.35. The molecule has 0 atom stereocenters. The van der Waals surface area contributed by atoms with Gasteiger partial charge in [0.2, 0.25) is 0 Å². The first-order chi connectivity index (χ1) is 11.5. The Hall–Kier alpha value is -2.54. The van der Waals surface area contributed by atoms with Crippen molar-refractivity contribution >= 4 is 17.8 Å². The molecule has 3 N–H and O–H groups in total. The second-order valence-electron chi connectivity index (χ2n) is 5.04. The average Bonchev–Trinajstić information content (AvgIpc) is 2.60. The molecule has 0 unspecified atom stereocenters. The van der Waals surface area contributed by atoms with Gasteiger partial charge in [-0.1, -0.05) is 30.4 Å². The normalized spacial score (nSPS) is 10.3. The maximum atomic E-state index is 10.8. The fourth-order valence-corrected chi connectivity index (χ4v) is 2.00. The van der Waals surface area contributed by atoms with Crippen LogP contribution >= 0.6 is 0 Å². The van der Waals surface area contributed by atoms with Gasteiger partial charge in [0.05, 0.1) is 23.7 Å². The predicted octanol–water partition coefficient (Wildman–Crippen LogP) is 2.59. The summed E-state index contributed by atoms with van der Waals surface area (Å²) in [5.41, 5.74) is 2.70. The number of aliphatic hydroxyl groups is 2. The third-order valence-electron chi connectivity index (χ3n) is 3.07. The SMILES string of the molecule is CNC.O=[N+]([O-])c1ccc(C=Cc2cccc(CO)c2)cc1CO. The van der Waals surface area contributed by atoms with Gasteiger partial charge in [0.1, 0.15) is 0 Å². The topological polar surface area (TPSA) is 95.6 Å². The van der Waals surface area contributed by atoms with Crippen LogP contribution in [0.4, 0.5) is 5.69 Å². The molecule has 6 heteroatoms. The van der Waals surface area contributed by atoms with Crippen LogP contribution in [0, 0.1) is 10.1 Å². The molecule has 0 saturated heterocycles. The van der Waals surface area contributed by atoms with Crippen molar-refractivity contribution in [1.82, 2.24) is 5.32 Å². The number of nitro groups is 1. The third-order valence-corrected chi connectivity index (χ3v) is 3.07. The first-order valence-electron chi connectivity index (χ1n) is 7.40. The van der Waals surface area contributed by atoms with Crippen molar-refractivity contribution in [3.8, 4) is 0 Å². The van der Waals surface area contributed by atoms with Crippen LogP contribution in [0.25, 0.3) is 12.2 Å². The van der Waals surface area contributed by atoms with E-state index in [1.165, 1.54) is 6.07 Å². The smallest absolute Gasteiger partial charge is 0.274 e. The molecule has 0 amide bonds. The average molecular weight is 330 g/mol. The second-order valence-corrected chi connectivity index (χ2v) is 5.04. The molecule has 0 aliphatic rings. The Labute approximate surface area is 141 Å². The minimum atomic E-state index is -0.510. The quantitative estimate of drug-likeness (QED) is 0.445. The van der Waals surface area contributed by atoms with Crippen LogP contribution in [0.3, 0.4) is 0 Å². The van der Waals surface area contributed by atoms with Gasteiger partial charge in [-0.25, -0.2) is 0 Å². The van der Waals surface area contributed by atoms with E-state index in [4.69, 9.17) is 5.11 Å². The number of benzene rings is 2. The summed E-state index contributed by atoms with van der Waals surface area (Å²) in [6.07, 6.45) is 3.65. The summed E-state index contributed by atoms with van der Waals surface area (Å²) in [5, 5.41) is 31.8.